The number of aryl methyl sites for hydroxylation is 2. The van der Waals surface area contributed by atoms with Crippen LogP contribution in [0, 0.1) is 25.1 Å². The first kappa shape index (κ1) is 25.8. The van der Waals surface area contributed by atoms with Crippen LogP contribution in [0.4, 0.5) is 10.2 Å². The quantitative estimate of drug-likeness (QED) is 0.449. The lowest BCUT2D eigenvalue weighted by Gasteiger charge is -2.52. The minimum absolute atomic E-state index is 0.0986. The predicted molar refractivity (Wildman–Crippen MR) is 138 cm³/mol. The van der Waals surface area contributed by atoms with Crippen LogP contribution in [0.2, 0.25) is 5.02 Å². The highest BCUT2D eigenvalue weighted by molar-refractivity contribution is 6.33. The summed E-state index contributed by atoms with van der Waals surface area (Å²) in [5.74, 6) is 0.944. The first-order chi connectivity index (χ1) is 17.8. The smallest absolute Gasteiger partial charge is 0.192 e. The number of likely N-dealkylation sites (N-methyl/N-ethyl adjacent to an activating group) is 1. The summed E-state index contributed by atoms with van der Waals surface area (Å²) in [6, 6.07) is 5.10. The standard InChI is InChI=1S/C26H31ClFN5O4/c1-15-21(16(2)37-32-15)23-22(28)25(33-13-26(14-33)6-8-35-9-7-26)31-24(30-23)19-10-18(4-5-20(19)27)36-12-17(34)11-29-3/h4-5,10,17,29,34H,6-9,11-14H2,1-3H3/t17-/m1/s1. The molecule has 0 aliphatic carbocycles. The van der Waals surface area contributed by atoms with E-state index in [0.717, 1.165) is 26.1 Å². The molecule has 0 radical (unpaired) electrons. The predicted octanol–water partition coefficient (Wildman–Crippen LogP) is 3.78. The van der Waals surface area contributed by atoms with Crippen molar-refractivity contribution in [3.05, 3.63) is 40.5 Å². The summed E-state index contributed by atoms with van der Waals surface area (Å²) in [6.45, 7) is 6.83. The fraction of sp³-hybridized carbons (Fsp3) is 0.500. The Labute approximate surface area is 219 Å². The number of hydrogen-bond donors (Lipinski definition) is 2. The van der Waals surface area contributed by atoms with Crippen LogP contribution in [0.15, 0.2) is 22.7 Å². The number of benzene rings is 1. The SMILES string of the molecule is CNC[C@@H](O)COc1ccc(Cl)c(-c2nc(-c3c(C)noc3C)c(F)c(N3CC4(CCOCC4)C3)n2)c1. The Bertz CT molecular complexity index is 1250. The van der Waals surface area contributed by atoms with Crippen LogP contribution in [0.25, 0.3) is 22.6 Å². The van der Waals surface area contributed by atoms with Crippen LogP contribution < -0.4 is 15.0 Å². The van der Waals surface area contributed by atoms with Crippen molar-refractivity contribution in [2.75, 3.05) is 51.4 Å². The van der Waals surface area contributed by atoms with Gasteiger partial charge in [0.05, 0.1) is 16.3 Å². The fourth-order valence-corrected chi connectivity index (χ4v) is 5.24. The molecule has 3 aromatic rings. The molecule has 0 unspecified atom stereocenters. The average Bonchev–Trinajstić information content (AvgIpc) is 3.20. The largest absolute Gasteiger partial charge is 0.491 e. The number of nitrogens with zero attached hydrogens (tertiary/aromatic N) is 4. The highest BCUT2D eigenvalue weighted by Crippen LogP contribution is 2.44. The van der Waals surface area contributed by atoms with Gasteiger partial charge in [0.1, 0.15) is 29.9 Å². The molecule has 9 nitrogen and oxygen atoms in total. The maximum atomic E-state index is 16.0. The van der Waals surface area contributed by atoms with Crippen LogP contribution >= 0.6 is 11.6 Å². The molecule has 0 amide bonds. The lowest BCUT2D eigenvalue weighted by atomic mass is 9.73. The fourth-order valence-electron chi connectivity index (χ4n) is 5.04. The molecule has 2 N–H and O–H groups in total. The molecule has 11 heteroatoms. The van der Waals surface area contributed by atoms with Gasteiger partial charge in [-0.1, -0.05) is 16.8 Å². The molecular formula is C26H31ClFN5O4. The number of nitrogens with one attached hydrogen (secondary N) is 1. The summed E-state index contributed by atoms with van der Waals surface area (Å²) in [7, 11) is 1.76. The second-order valence-electron chi connectivity index (χ2n) is 9.87. The van der Waals surface area contributed by atoms with Crippen molar-refractivity contribution in [1.82, 2.24) is 20.4 Å². The van der Waals surface area contributed by atoms with Crippen LogP contribution in [0.5, 0.6) is 5.75 Å². The molecule has 0 saturated carbocycles. The number of ether oxygens (including phenoxy) is 2. The molecular weight excluding hydrogens is 501 g/mol. The molecule has 2 aliphatic heterocycles. The van der Waals surface area contributed by atoms with E-state index in [4.69, 9.17) is 25.6 Å². The molecule has 37 heavy (non-hydrogen) atoms. The van der Waals surface area contributed by atoms with Gasteiger partial charge in [0, 0.05) is 43.8 Å². The molecule has 2 fully saturated rings. The van der Waals surface area contributed by atoms with Gasteiger partial charge in [0.25, 0.3) is 0 Å². The van der Waals surface area contributed by atoms with Crippen molar-refractivity contribution < 1.29 is 23.5 Å². The molecule has 1 spiro atoms. The van der Waals surface area contributed by atoms with Gasteiger partial charge in [-0.3, -0.25) is 0 Å². The van der Waals surface area contributed by atoms with E-state index in [1.54, 1.807) is 39.1 Å². The van der Waals surface area contributed by atoms with Crippen molar-refractivity contribution in [2.24, 2.45) is 5.41 Å². The highest BCUT2D eigenvalue weighted by Gasteiger charge is 2.45. The zero-order valence-corrected chi connectivity index (χ0v) is 21.9. The van der Waals surface area contributed by atoms with Crippen molar-refractivity contribution in [1.29, 1.82) is 0 Å². The van der Waals surface area contributed by atoms with E-state index in [2.05, 4.69) is 20.4 Å². The van der Waals surface area contributed by atoms with Crippen molar-refractivity contribution in [3.8, 4) is 28.4 Å². The Morgan fingerprint density at radius 2 is 2.00 bits per heavy atom. The Kier molecular flexibility index (Phi) is 7.35. The minimum atomic E-state index is -0.673. The molecule has 2 aromatic heterocycles. The number of anilines is 1. The normalized spacial score (nSPS) is 17.6. The number of aromatic nitrogens is 3. The van der Waals surface area contributed by atoms with Gasteiger partial charge < -0.3 is 29.3 Å². The molecule has 198 valence electrons. The first-order valence-corrected chi connectivity index (χ1v) is 12.8. The molecule has 2 aliphatic rings. The maximum Gasteiger partial charge on any atom is 0.192 e. The first-order valence-electron chi connectivity index (χ1n) is 12.4. The Morgan fingerprint density at radius 1 is 1.24 bits per heavy atom. The van der Waals surface area contributed by atoms with E-state index in [1.807, 2.05) is 4.90 Å². The minimum Gasteiger partial charge on any atom is -0.491 e. The van der Waals surface area contributed by atoms with Crippen molar-refractivity contribution in [2.45, 2.75) is 32.8 Å². The third-order valence-corrected chi connectivity index (χ3v) is 7.40. The van der Waals surface area contributed by atoms with E-state index in [1.165, 1.54) is 0 Å². The van der Waals surface area contributed by atoms with Crippen LogP contribution in [0.1, 0.15) is 24.3 Å². The Hall–Kier alpha value is -2.79. The zero-order chi connectivity index (χ0) is 26.2. The molecule has 1 aromatic carbocycles. The highest BCUT2D eigenvalue weighted by atomic mass is 35.5. The van der Waals surface area contributed by atoms with Gasteiger partial charge in [0.15, 0.2) is 17.5 Å². The third kappa shape index (κ3) is 5.16. The zero-order valence-electron chi connectivity index (χ0n) is 21.2. The summed E-state index contributed by atoms with van der Waals surface area (Å²) in [5.41, 5.74) is 1.79. The van der Waals surface area contributed by atoms with Crippen molar-refractivity contribution >= 4 is 17.4 Å². The maximum absolute atomic E-state index is 16.0. The Balaban J connectivity index is 1.54. The number of rotatable bonds is 8. The van der Waals surface area contributed by atoms with Gasteiger partial charge in [0.2, 0.25) is 0 Å². The number of halogens is 2. The van der Waals surface area contributed by atoms with Gasteiger partial charge in [-0.05, 0) is 51.9 Å². The second-order valence-corrected chi connectivity index (χ2v) is 10.3. The number of aliphatic hydroxyl groups excluding tert-OH is 1. The lowest BCUT2D eigenvalue weighted by Crippen LogP contribution is -2.59. The van der Waals surface area contributed by atoms with E-state index >= 15 is 4.39 Å². The van der Waals surface area contributed by atoms with E-state index < -0.39 is 11.9 Å². The average molecular weight is 532 g/mol. The van der Waals surface area contributed by atoms with Gasteiger partial charge in [-0.2, -0.15) is 0 Å². The third-order valence-electron chi connectivity index (χ3n) is 7.07. The summed E-state index contributed by atoms with van der Waals surface area (Å²) in [5, 5.41) is 17.3. The molecule has 1 atom stereocenters. The van der Waals surface area contributed by atoms with Crippen LogP contribution in [-0.4, -0.2) is 72.8 Å². The summed E-state index contributed by atoms with van der Waals surface area (Å²) in [4.78, 5) is 11.2. The lowest BCUT2D eigenvalue weighted by molar-refractivity contribution is -0.000667. The van der Waals surface area contributed by atoms with Crippen LogP contribution in [-0.2, 0) is 4.74 Å². The topological polar surface area (TPSA) is 106 Å². The van der Waals surface area contributed by atoms with Crippen LogP contribution in [0.3, 0.4) is 0 Å². The summed E-state index contributed by atoms with van der Waals surface area (Å²) in [6.07, 6.45) is 1.22. The Morgan fingerprint density at radius 3 is 2.68 bits per heavy atom. The van der Waals surface area contributed by atoms with E-state index in [0.29, 0.717) is 53.0 Å². The molecule has 0 bridgehead atoms. The monoisotopic (exact) mass is 531 g/mol. The van der Waals surface area contributed by atoms with E-state index in [9.17, 15) is 5.11 Å². The summed E-state index contributed by atoms with van der Waals surface area (Å²) < 4.78 is 32.6. The van der Waals surface area contributed by atoms with Crippen molar-refractivity contribution in [3.63, 3.8) is 0 Å². The van der Waals surface area contributed by atoms with Gasteiger partial charge in [-0.25, -0.2) is 14.4 Å². The van der Waals surface area contributed by atoms with Gasteiger partial charge >= 0.3 is 0 Å². The molecule has 5 rings (SSSR count). The number of aliphatic hydroxyl groups is 1. The number of hydrogen-bond acceptors (Lipinski definition) is 9. The molecule has 4 heterocycles. The second kappa shape index (κ2) is 10.5. The molecule has 2 saturated heterocycles. The van der Waals surface area contributed by atoms with E-state index in [-0.39, 0.29) is 29.4 Å². The van der Waals surface area contributed by atoms with Gasteiger partial charge in [-0.15, -0.1) is 0 Å². The summed E-state index contributed by atoms with van der Waals surface area (Å²) >= 11 is 6.57.